The lowest BCUT2D eigenvalue weighted by Crippen LogP contribution is -2.60. The molecule has 0 amide bonds. The second-order valence-electron chi connectivity index (χ2n) is 7.81. The first kappa shape index (κ1) is 25.7. The Bertz CT molecular complexity index is 962. The Morgan fingerprint density at radius 3 is 2.12 bits per heavy atom. The number of benzene rings is 2. The molecule has 2 aromatic carbocycles. The van der Waals surface area contributed by atoms with Gasteiger partial charge in [0, 0.05) is 0 Å². The number of nitrogens with two attached hydrogens (primary N) is 1. The van der Waals surface area contributed by atoms with Crippen LogP contribution in [0.4, 0.5) is 0 Å². The number of rotatable bonds is 12. The Hall–Kier alpha value is -2.55. The number of aliphatic carboxylic acids is 1. The zero-order valence-corrected chi connectivity index (χ0v) is 18.9. The van der Waals surface area contributed by atoms with Gasteiger partial charge >= 0.3 is 13.8 Å². The summed E-state index contributed by atoms with van der Waals surface area (Å²) < 4.78 is 15.4. The molecular weight excluding hydrogens is 435 g/mol. The molecule has 10 heteroatoms. The van der Waals surface area contributed by atoms with Crippen LogP contribution in [0.3, 0.4) is 0 Å². The maximum absolute atomic E-state index is 13.1. The first-order chi connectivity index (χ1) is 14.9. The number of carbonyl (C=O) groups is 2. The van der Waals surface area contributed by atoms with Gasteiger partial charge < -0.3 is 15.4 Å². The molecule has 0 fully saturated rings. The highest BCUT2D eigenvalue weighted by molar-refractivity contribution is 7.46. The van der Waals surface area contributed by atoms with E-state index in [1.165, 1.54) is 24.3 Å². The van der Waals surface area contributed by atoms with Crippen molar-refractivity contribution in [2.75, 3.05) is 0 Å². The molecule has 3 unspecified atom stereocenters. The van der Waals surface area contributed by atoms with E-state index in [2.05, 4.69) is 9.84 Å². The summed E-state index contributed by atoms with van der Waals surface area (Å²) in [6, 6.07) is 13.2. The second-order valence-corrected chi connectivity index (χ2v) is 8.97. The Morgan fingerprint density at radius 2 is 1.62 bits per heavy atom. The summed E-state index contributed by atoms with van der Waals surface area (Å²) in [7, 11) is -4.68. The van der Waals surface area contributed by atoms with Gasteiger partial charge in [0.15, 0.2) is 5.78 Å². The number of phosphoric acid groups is 1. The molecule has 3 atom stereocenters. The summed E-state index contributed by atoms with van der Waals surface area (Å²) in [5, 5.41) is 12.7. The molecule has 2 aromatic rings. The van der Waals surface area contributed by atoms with Crippen molar-refractivity contribution in [3.63, 3.8) is 0 Å². The largest absolute Gasteiger partial charge is 0.524 e. The third-order valence-corrected chi connectivity index (χ3v) is 5.71. The number of ketones is 1. The molecule has 0 spiro atoms. The van der Waals surface area contributed by atoms with Gasteiger partial charge in [0.1, 0.15) is 11.8 Å². The van der Waals surface area contributed by atoms with Gasteiger partial charge in [-0.1, -0.05) is 49.4 Å². The summed E-state index contributed by atoms with van der Waals surface area (Å²) >= 11 is 0. The number of nitrogens with one attached hydrogen (secondary N) is 1. The van der Waals surface area contributed by atoms with Gasteiger partial charge in [0.05, 0.1) is 11.6 Å². The molecule has 2 rings (SSSR count). The highest BCUT2D eigenvalue weighted by Gasteiger charge is 2.38. The molecule has 0 radical (unpaired) electrons. The predicted octanol–water partition coefficient (Wildman–Crippen LogP) is 2.05. The number of phosphoric ester groups is 1. The topological polar surface area (TPSA) is 159 Å². The van der Waals surface area contributed by atoms with Crippen molar-refractivity contribution in [2.24, 2.45) is 5.73 Å². The fourth-order valence-corrected chi connectivity index (χ4v) is 3.76. The minimum absolute atomic E-state index is 0.0395. The Morgan fingerprint density at radius 1 is 1.06 bits per heavy atom. The normalized spacial score (nSPS) is 15.4. The van der Waals surface area contributed by atoms with E-state index in [0.29, 0.717) is 18.4 Å². The summed E-state index contributed by atoms with van der Waals surface area (Å²) in [6.07, 6.45) is 0.727. The molecule has 6 N–H and O–H groups in total. The molecule has 0 saturated heterocycles. The molecule has 9 nitrogen and oxygen atoms in total. The quantitative estimate of drug-likeness (QED) is 0.296. The van der Waals surface area contributed by atoms with Gasteiger partial charge in [0.2, 0.25) is 0 Å². The van der Waals surface area contributed by atoms with E-state index in [1.54, 1.807) is 13.8 Å². The zero-order valence-electron chi connectivity index (χ0n) is 18.0. The molecule has 0 heterocycles. The Kier molecular flexibility index (Phi) is 8.72. The monoisotopic (exact) mass is 464 g/mol. The van der Waals surface area contributed by atoms with Crippen molar-refractivity contribution in [3.05, 3.63) is 65.7 Å². The van der Waals surface area contributed by atoms with Gasteiger partial charge in [-0.3, -0.25) is 24.7 Å². The van der Waals surface area contributed by atoms with Crippen LogP contribution in [-0.2, 0) is 27.0 Å². The molecular formula is C22H29N2O7P. The van der Waals surface area contributed by atoms with Crippen LogP contribution in [0, 0.1) is 0 Å². The smallest absolute Gasteiger partial charge is 0.480 e. The molecule has 174 valence electrons. The molecule has 0 aliphatic rings. The van der Waals surface area contributed by atoms with E-state index in [4.69, 9.17) is 15.5 Å². The van der Waals surface area contributed by atoms with Gasteiger partial charge in [-0.05, 0) is 49.4 Å². The van der Waals surface area contributed by atoms with Gasteiger partial charge in [-0.25, -0.2) is 4.57 Å². The van der Waals surface area contributed by atoms with Crippen LogP contribution < -0.4 is 15.6 Å². The van der Waals surface area contributed by atoms with Crippen molar-refractivity contribution in [2.45, 2.75) is 50.7 Å². The molecule has 0 aromatic heterocycles. The number of Topliss-reactive ketones (excluding diaryl/α,β-unsaturated/α-hetero) is 1. The molecule has 32 heavy (non-hydrogen) atoms. The van der Waals surface area contributed by atoms with Gasteiger partial charge in [-0.2, -0.15) is 0 Å². The number of hydrogen-bond donors (Lipinski definition) is 5. The zero-order chi connectivity index (χ0) is 23.9. The highest BCUT2D eigenvalue weighted by atomic mass is 31.2. The van der Waals surface area contributed by atoms with Crippen LogP contribution in [0.15, 0.2) is 54.6 Å². The van der Waals surface area contributed by atoms with Crippen molar-refractivity contribution in [1.82, 2.24) is 5.32 Å². The van der Waals surface area contributed by atoms with E-state index in [9.17, 15) is 19.3 Å². The minimum Gasteiger partial charge on any atom is -0.480 e. The summed E-state index contributed by atoms with van der Waals surface area (Å²) in [6.45, 7) is 3.43. The van der Waals surface area contributed by atoms with Crippen molar-refractivity contribution >= 4 is 19.6 Å². The first-order valence-electron chi connectivity index (χ1n) is 10.1. The van der Waals surface area contributed by atoms with Crippen molar-refractivity contribution in [1.29, 1.82) is 0 Å². The molecule has 0 aliphatic carbocycles. The Labute approximate surface area is 186 Å². The fraction of sp³-hybridized carbons (Fsp3) is 0.364. The lowest BCUT2D eigenvalue weighted by atomic mass is 9.85. The van der Waals surface area contributed by atoms with Crippen LogP contribution in [0.2, 0.25) is 0 Å². The lowest BCUT2D eigenvalue weighted by Gasteiger charge is -2.33. The third kappa shape index (κ3) is 7.55. The summed E-state index contributed by atoms with van der Waals surface area (Å²) in [4.78, 5) is 42.7. The summed E-state index contributed by atoms with van der Waals surface area (Å²) in [5.74, 6) is -1.45. The van der Waals surface area contributed by atoms with Crippen LogP contribution in [0.1, 0.15) is 31.4 Å². The number of hydrogen-bond acceptors (Lipinski definition) is 6. The minimum atomic E-state index is -4.68. The van der Waals surface area contributed by atoms with Crippen LogP contribution in [0.25, 0.3) is 0 Å². The molecule has 0 aliphatic heterocycles. The van der Waals surface area contributed by atoms with Gasteiger partial charge in [-0.15, -0.1) is 0 Å². The second kappa shape index (κ2) is 10.8. The maximum atomic E-state index is 13.1. The highest BCUT2D eigenvalue weighted by Crippen LogP contribution is 2.37. The average Bonchev–Trinajstić information content (AvgIpc) is 2.73. The Balaban J connectivity index is 2.12. The SMILES string of the molecule is CCC(C)(NC(Cc1ccc(OP(=O)(O)O)cc1)C(=O)O)C(=O)C(N)Cc1ccccc1. The van der Waals surface area contributed by atoms with Gasteiger partial charge in [0.25, 0.3) is 0 Å². The first-order valence-corrected chi connectivity index (χ1v) is 11.6. The number of carboxylic acids is 1. The van der Waals surface area contributed by atoms with Crippen LogP contribution in [0.5, 0.6) is 5.75 Å². The van der Waals surface area contributed by atoms with E-state index in [0.717, 1.165) is 5.56 Å². The van der Waals surface area contributed by atoms with E-state index in [-0.39, 0.29) is 18.0 Å². The van der Waals surface area contributed by atoms with E-state index < -0.39 is 31.4 Å². The van der Waals surface area contributed by atoms with E-state index in [1.807, 2.05) is 30.3 Å². The molecule has 0 saturated carbocycles. The average molecular weight is 464 g/mol. The maximum Gasteiger partial charge on any atom is 0.524 e. The lowest BCUT2D eigenvalue weighted by molar-refractivity contribution is -0.140. The van der Waals surface area contributed by atoms with Crippen LogP contribution in [-0.4, -0.2) is 44.3 Å². The fourth-order valence-electron chi connectivity index (χ4n) is 3.36. The van der Waals surface area contributed by atoms with Crippen LogP contribution >= 0.6 is 7.82 Å². The van der Waals surface area contributed by atoms with Crippen molar-refractivity contribution in [3.8, 4) is 5.75 Å². The van der Waals surface area contributed by atoms with E-state index >= 15 is 0 Å². The molecule has 0 bridgehead atoms. The standard InChI is InChI=1S/C22H29N2O7P/c1-3-22(2,20(25)18(23)13-15-7-5-4-6-8-15)24-19(21(26)27)14-16-9-11-17(12-10-16)31-32(28,29)30/h4-12,18-19,24H,3,13-14,23H2,1-2H3,(H,26,27)(H2,28,29,30). The number of carbonyl (C=O) groups excluding carboxylic acids is 1. The number of carboxylic acid groups (broad SMARTS) is 1. The predicted molar refractivity (Wildman–Crippen MR) is 119 cm³/mol. The summed E-state index contributed by atoms with van der Waals surface area (Å²) in [5.41, 5.74) is 6.52. The van der Waals surface area contributed by atoms with Crippen molar-refractivity contribution < 1.29 is 33.6 Å². The third-order valence-electron chi connectivity index (χ3n) is 5.26.